The summed E-state index contributed by atoms with van der Waals surface area (Å²) in [5, 5.41) is 10.6. The molecule has 0 radical (unpaired) electrons. The Balaban J connectivity index is 1.55. The maximum absolute atomic E-state index is 12.8. The van der Waals surface area contributed by atoms with Gasteiger partial charge in [0, 0.05) is 10.6 Å². The van der Waals surface area contributed by atoms with Crippen molar-refractivity contribution in [2.24, 2.45) is 0 Å². The van der Waals surface area contributed by atoms with E-state index in [1.165, 1.54) is 36.4 Å². The van der Waals surface area contributed by atoms with Crippen LogP contribution in [0.1, 0.15) is 10.4 Å². The largest absolute Gasteiger partial charge is 0.403 e. The molecular weight excluding hydrogens is 440 g/mol. The number of sulfonamides is 1. The number of benzene rings is 3. The third kappa shape index (κ3) is 4.73. The second-order valence-corrected chi connectivity index (χ2v) is 8.46. The highest BCUT2D eigenvalue weighted by atomic mass is 35.5. The number of amides is 1. The molecule has 0 spiro atoms. The van der Waals surface area contributed by atoms with Gasteiger partial charge in [0.05, 0.1) is 16.1 Å². The number of nitrogens with one attached hydrogen (secondary N) is 2. The number of rotatable bonds is 6. The van der Waals surface area contributed by atoms with Gasteiger partial charge < -0.3 is 4.42 Å². The predicted molar refractivity (Wildman–Crippen MR) is 116 cm³/mol. The van der Waals surface area contributed by atoms with Crippen LogP contribution in [0.25, 0.3) is 11.5 Å². The van der Waals surface area contributed by atoms with Gasteiger partial charge in [-0.1, -0.05) is 47.0 Å². The monoisotopic (exact) mass is 454 g/mol. The Hall–Kier alpha value is -3.69. The molecule has 1 heterocycles. The van der Waals surface area contributed by atoms with Gasteiger partial charge in [0.2, 0.25) is 5.89 Å². The molecule has 0 bridgehead atoms. The Morgan fingerprint density at radius 3 is 2.29 bits per heavy atom. The quantitative estimate of drug-likeness (QED) is 0.445. The van der Waals surface area contributed by atoms with Crippen molar-refractivity contribution in [1.29, 1.82) is 0 Å². The van der Waals surface area contributed by atoms with Crippen LogP contribution in [0.3, 0.4) is 0 Å². The Labute approximate surface area is 182 Å². The first-order chi connectivity index (χ1) is 14.9. The number of halogens is 1. The number of hydrogen-bond donors (Lipinski definition) is 2. The average Bonchev–Trinajstić information content (AvgIpc) is 3.23. The van der Waals surface area contributed by atoms with Gasteiger partial charge >= 0.3 is 6.01 Å². The van der Waals surface area contributed by atoms with Crippen LogP contribution in [0.15, 0.2) is 88.2 Å². The number of anilines is 2. The molecule has 10 heteroatoms. The zero-order chi connectivity index (χ0) is 21.8. The molecule has 3 aromatic carbocycles. The number of nitrogens with zero attached hydrogens (tertiary/aromatic N) is 2. The lowest BCUT2D eigenvalue weighted by Crippen LogP contribution is -2.18. The molecule has 31 heavy (non-hydrogen) atoms. The highest BCUT2D eigenvalue weighted by molar-refractivity contribution is 7.92. The molecule has 0 unspecified atom stereocenters. The van der Waals surface area contributed by atoms with Crippen LogP contribution in [-0.4, -0.2) is 24.5 Å². The van der Waals surface area contributed by atoms with E-state index in [9.17, 15) is 13.2 Å². The topological polar surface area (TPSA) is 114 Å². The van der Waals surface area contributed by atoms with E-state index in [1.807, 2.05) is 18.2 Å². The van der Waals surface area contributed by atoms with E-state index in [4.69, 9.17) is 16.0 Å². The van der Waals surface area contributed by atoms with Gasteiger partial charge in [0.25, 0.3) is 15.9 Å². The molecule has 4 rings (SSSR count). The summed E-state index contributed by atoms with van der Waals surface area (Å²) < 4.78 is 33.3. The first-order valence-corrected chi connectivity index (χ1v) is 10.9. The Morgan fingerprint density at radius 1 is 0.871 bits per heavy atom. The zero-order valence-corrected chi connectivity index (χ0v) is 17.4. The Kier molecular flexibility index (Phi) is 5.70. The van der Waals surface area contributed by atoms with Crippen molar-refractivity contribution in [3.63, 3.8) is 0 Å². The van der Waals surface area contributed by atoms with Crippen molar-refractivity contribution in [2.45, 2.75) is 4.90 Å². The van der Waals surface area contributed by atoms with Crippen molar-refractivity contribution >= 4 is 39.2 Å². The van der Waals surface area contributed by atoms with Crippen molar-refractivity contribution < 1.29 is 17.6 Å². The summed E-state index contributed by atoms with van der Waals surface area (Å²) in [4.78, 5) is 12.8. The van der Waals surface area contributed by atoms with Crippen molar-refractivity contribution in [3.8, 4) is 11.5 Å². The van der Waals surface area contributed by atoms with Gasteiger partial charge in [-0.05, 0) is 48.5 Å². The molecule has 2 N–H and O–H groups in total. The second kappa shape index (κ2) is 8.58. The molecule has 0 atom stereocenters. The standard InChI is InChI=1S/C21H15ClN4O4S/c22-15-10-12-16(13-11-15)31(28,29)26-18-9-5-4-8-17(18)19(27)23-21-25-24-20(30-21)14-6-2-1-3-7-14/h1-13,26H,(H,23,25,27). The second-order valence-electron chi connectivity index (χ2n) is 6.34. The van der Waals surface area contributed by atoms with Gasteiger partial charge in [-0.2, -0.15) is 0 Å². The summed E-state index contributed by atoms with van der Waals surface area (Å²) in [6, 6.07) is 20.8. The summed E-state index contributed by atoms with van der Waals surface area (Å²) in [6.07, 6.45) is 0. The van der Waals surface area contributed by atoms with Gasteiger partial charge in [0.1, 0.15) is 0 Å². The van der Waals surface area contributed by atoms with Crippen molar-refractivity contribution in [2.75, 3.05) is 10.0 Å². The van der Waals surface area contributed by atoms with E-state index in [0.29, 0.717) is 10.6 Å². The minimum Gasteiger partial charge on any atom is -0.403 e. The van der Waals surface area contributed by atoms with Gasteiger partial charge in [-0.25, -0.2) is 8.42 Å². The number of para-hydroxylation sites is 1. The van der Waals surface area contributed by atoms with E-state index in [1.54, 1.807) is 24.3 Å². The number of carbonyl (C=O) groups is 1. The molecule has 4 aromatic rings. The minimum atomic E-state index is -3.93. The first-order valence-electron chi connectivity index (χ1n) is 9.00. The third-order valence-electron chi connectivity index (χ3n) is 4.21. The van der Waals surface area contributed by atoms with Crippen LogP contribution in [0.2, 0.25) is 5.02 Å². The third-order valence-corrected chi connectivity index (χ3v) is 5.84. The lowest BCUT2D eigenvalue weighted by atomic mass is 10.2. The van der Waals surface area contributed by atoms with Crippen LogP contribution in [0, 0.1) is 0 Å². The molecule has 0 fully saturated rings. The van der Waals surface area contributed by atoms with Crippen LogP contribution < -0.4 is 10.0 Å². The fourth-order valence-electron chi connectivity index (χ4n) is 2.72. The first kappa shape index (κ1) is 20.6. The summed E-state index contributed by atoms with van der Waals surface area (Å²) >= 11 is 5.82. The molecular formula is C21H15ClN4O4S. The van der Waals surface area contributed by atoms with Crippen LogP contribution >= 0.6 is 11.6 Å². The molecule has 156 valence electrons. The van der Waals surface area contributed by atoms with Gasteiger partial charge in [-0.15, -0.1) is 5.10 Å². The molecule has 0 saturated heterocycles. The van der Waals surface area contributed by atoms with Crippen molar-refractivity contribution in [1.82, 2.24) is 10.2 Å². The number of aromatic nitrogens is 2. The molecule has 1 aromatic heterocycles. The normalized spacial score (nSPS) is 11.1. The number of carbonyl (C=O) groups excluding carboxylic acids is 1. The maximum atomic E-state index is 12.8. The smallest absolute Gasteiger partial charge is 0.322 e. The van der Waals surface area contributed by atoms with E-state index in [-0.39, 0.29) is 28.1 Å². The highest BCUT2D eigenvalue weighted by Gasteiger charge is 2.20. The SMILES string of the molecule is O=C(Nc1nnc(-c2ccccc2)o1)c1ccccc1NS(=O)(=O)c1ccc(Cl)cc1. The minimum absolute atomic E-state index is 0.0107. The molecule has 0 aliphatic heterocycles. The summed E-state index contributed by atoms with van der Waals surface area (Å²) in [7, 11) is -3.93. The molecule has 0 saturated carbocycles. The van der Waals surface area contributed by atoms with Crippen molar-refractivity contribution in [3.05, 3.63) is 89.4 Å². The highest BCUT2D eigenvalue weighted by Crippen LogP contribution is 2.23. The van der Waals surface area contributed by atoms with E-state index >= 15 is 0 Å². The van der Waals surface area contributed by atoms with Gasteiger partial charge in [0.15, 0.2) is 0 Å². The summed E-state index contributed by atoms with van der Waals surface area (Å²) in [5.41, 5.74) is 0.879. The van der Waals surface area contributed by atoms with E-state index in [0.717, 1.165) is 0 Å². The summed E-state index contributed by atoms with van der Waals surface area (Å²) in [6.45, 7) is 0. The van der Waals surface area contributed by atoms with Crippen LogP contribution in [0.5, 0.6) is 0 Å². The van der Waals surface area contributed by atoms with E-state index in [2.05, 4.69) is 20.2 Å². The molecule has 8 nitrogen and oxygen atoms in total. The maximum Gasteiger partial charge on any atom is 0.322 e. The van der Waals surface area contributed by atoms with Gasteiger partial charge in [-0.3, -0.25) is 14.8 Å². The van der Waals surface area contributed by atoms with Crippen LogP contribution in [-0.2, 0) is 10.0 Å². The molecule has 0 aliphatic carbocycles. The fourth-order valence-corrected chi connectivity index (χ4v) is 3.93. The molecule has 1 amide bonds. The summed E-state index contributed by atoms with van der Waals surface area (Å²) in [5.74, 6) is -0.370. The molecule has 0 aliphatic rings. The lowest BCUT2D eigenvalue weighted by Gasteiger charge is -2.12. The lowest BCUT2D eigenvalue weighted by molar-refractivity contribution is 0.102. The Morgan fingerprint density at radius 2 is 1.55 bits per heavy atom. The Bertz CT molecular complexity index is 1320. The van der Waals surface area contributed by atoms with Crippen LogP contribution in [0.4, 0.5) is 11.7 Å². The zero-order valence-electron chi connectivity index (χ0n) is 15.8. The predicted octanol–water partition coefficient (Wildman–Crippen LogP) is 4.44. The van der Waals surface area contributed by atoms with E-state index < -0.39 is 15.9 Å². The fraction of sp³-hybridized carbons (Fsp3) is 0. The average molecular weight is 455 g/mol. The number of hydrogen-bond acceptors (Lipinski definition) is 6.